The minimum absolute atomic E-state index is 0.343. The van der Waals surface area contributed by atoms with Gasteiger partial charge in [-0.05, 0) is 66.1 Å². The summed E-state index contributed by atoms with van der Waals surface area (Å²) in [4.78, 5) is 0. The minimum atomic E-state index is 0.343. The van der Waals surface area contributed by atoms with Gasteiger partial charge in [0.2, 0.25) is 0 Å². The molecule has 1 fully saturated rings. The van der Waals surface area contributed by atoms with Crippen molar-refractivity contribution in [1.82, 2.24) is 5.32 Å². The van der Waals surface area contributed by atoms with Crippen LogP contribution in [0.3, 0.4) is 0 Å². The Morgan fingerprint density at radius 3 is 2.53 bits per heavy atom. The molecular formula is C14H22BrNO. The van der Waals surface area contributed by atoms with Gasteiger partial charge in [-0.15, -0.1) is 0 Å². The smallest absolute Gasteiger partial charge is 0.135 e. The first-order valence-corrected chi connectivity index (χ1v) is 7.23. The van der Waals surface area contributed by atoms with Crippen LogP contribution in [0.4, 0.5) is 0 Å². The van der Waals surface area contributed by atoms with Gasteiger partial charge in [0.25, 0.3) is 0 Å². The molecule has 0 amide bonds. The Labute approximate surface area is 112 Å². The van der Waals surface area contributed by atoms with Crippen LogP contribution < -0.4 is 5.32 Å². The van der Waals surface area contributed by atoms with Crippen molar-refractivity contribution in [3.05, 3.63) is 22.6 Å². The fourth-order valence-electron chi connectivity index (χ4n) is 2.86. The lowest BCUT2D eigenvalue weighted by Gasteiger charge is -2.37. The SMILES string of the molecule is CNC(c1occc1Br)C1CCC(C)(C)CC1. The first-order chi connectivity index (χ1) is 8.03. The topological polar surface area (TPSA) is 25.2 Å². The Kier molecular flexibility index (Phi) is 3.99. The van der Waals surface area contributed by atoms with E-state index in [-0.39, 0.29) is 0 Å². The van der Waals surface area contributed by atoms with E-state index in [2.05, 4.69) is 35.1 Å². The van der Waals surface area contributed by atoms with Crippen molar-refractivity contribution < 1.29 is 4.42 Å². The van der Waals surface area contributed by atoms with Gasteiger partial charge in [-0.1, -0.05) is 13.8 Å². The summed E-state index contributed by atoms with van der Waals surface area (Å²) in [5.41, 5.74) is 0.523. The van der Waals surface area contributed by atoms with Gasteiger partial charge in [-0.25, -0.2) is 0 Å². The first-order valence-electron chi connectivity index (χ1n) is 6.44. The third kappa shape index (κ3) is 2.94. The summed E-state index contributed by atoms with van der Waals surface area (Å²) in [6, 6.07) is 2.32. The van der Waals surface area contributed by atoms with E-state index < -0.39 is 0 Å². The van der Waals surface area contributed by atoms with Crippen molar-refractivity contribution in [3.8, 4) is 0 Å². The first kappa shape index (κ1) is 13.2. The molecule has 1 aromatic rings. The predicted molar refractivity (Wildman–Crippen MR) is 73.9 cm³/mol. The highest BCUT2D eigenvalue weighted by Gasteiger charge is 2.33. The molecule has 1 saturated carbocycles. The van der Waals surface area contributed by atoms with Crippen LogP contribution in [-0.4, -0.2) is 7.05 Å². The molecule has 3 heteroatoms. The van der Waals surface area contributed by atoms with E-state index in [0.29, 0.717) is 17.4 Å². The highest BCUT2D eigenvalue weighted by Crippen LogP contribution is 2.43. The molecule has 1 atom stereocenters. The molecule has 17 heavy (non-hydrogen) atoms. The normalized spacial score (nSPS) is 22.6. The second-order valence-corrected chi connectivity index (χ2v) is 6.76. The molecule has 1 N–H and O–H groups in total. The highest BCUT2D eigenvalue weighted by atomic mass is 79.9. The van der Waals surface area contributed by atoms with Crippen molar-refractivity contribution in [1.29, 1.82) is 0 Å². The van der Waals surface area contributed by atoms with Crippen molar-refractivity contribution in [2.45, 2.75) is 45.6 Å². The molecule has 96 valence electrons. The van der Waals surface area contributed by atoms with Crippen LogP contribution >= 0.6 is 15.9 Å². The molecule has 1 unspecified atom stereocenters. The maximum absolute atomic E-state index is 5.61. The second-order valence-electron chi connectivity index (χ2n) is 5.90. The molecule has 0 aromatic carbocycles. The number of hydrogen-bond donors (Lipinski definition) is 1. The summed E-state index contributed by atoms with van der Waals surface area (Å²) in [6.45, 7) is 4.75. The lowest BCUT2D eigenvalue weighted by Crippen LogP contribution is -2.31. The number of rotatable bonds is 3. The van der Waals surface area contributed by atoms with E-state index in [1.54, 1.807) is 6.26 Å². The summed E-state index contributed by atoms with van der Waals surface area (Å²) < 4.78 is 6.70. The van der Waals surface area contributed by atoms with Gasteiger partial charge in [0.15, 0.2) is 0 Å². The number of hydrogen-bond acceptors (Lipinski definition) is 2. The van der Waals surface area contributed by atoms with E-state index >= 15 is 0 Å². The molecule has 1 aliphatic carbocycles. The van der Waals surface area contributed by atoms with Crippen LogP contribution in [0.2, 0.25) is 0 Å². The average molecular weight is 300 g/mol. The number of nitrogens with one attached hydrogen (secondary N) is 1. The molecule has 2 rings (SSSR count). The Balaban J connectivity index is 2.08. The van der Waals surface area contributed by atoms with Crippen LogP contribution in [0.25, 0.3) is 0 Å². The van der Waals surface area contributed by atoms with Crippen LogP contribution in [0.5, 0.6) is 0 Å². The van der Waals surface area contributed by atoms with Crippen LogP contribution in [0.15, 0.2) is 21.2 Å². The standard InChI is InChI=1S/C14H22BrNO/c1-14(2)7-4-10(5-8-14)12(16-3)13-11(15)6-9-17-13/h6,9-10,12,16H,4-5,7-8H2,1-3H3. The van der Waals surface area contributed by atoms with Crippen LogP contribution in [-0.2, 0) is 0 Å². The maximum Gasteiger partial charge on any atom is 0.135 e. The Bertz CT molecular complexity index is 362. The molecule has 0 bridgehead atoms. The lowest BCUT2D eigenvalue weighted by atomic mass is 9.71. The van der Waals surface area contributed by atoms with Gasteiger partial charge in [0.1, 0.15) is 5.76 Å². The van der Waals surface area contributed by atoms with Crippen LogP contribution in [0.1, 0.15) is 51.3 Å². The molecule has 1 aromatic heterocycles. The minimum Gasteiger partial charge on any atom is -0.466 e. The number of furan rings is 1. The third-order valence-electron chi connectivity index (χ3n) is 4.09. The Morgan fingerprint density at radius 1 is 1.41 bits per heavy atom. The van der Waals surface area contributed by atoms with E-state index in [1.165, 1.54) is 25.7 Å². The molecule has 0 saturated heterocycles. The van der Waals surface area contributed by atoms with E-state index in [9.17, 15) is 0 Å². The summed E-state index contributed by atoms with van der Waals surface area (Å²) >= 11 is 3.56. The number of halogens is 1. The van der Waals surface area contributed by atoms with Crippen molar-refractivity contribution in [3.63, 3.8) is 0 Å². The molecule has 0 spiro atoms. The molecule has 2 nitrogen and oxygen atoms in total. The predicted octanol–water partition coefficient (Wildman–Crippen LogP) is 4.52. The fourth-order valence-corrected chi connectivity index (χ4v) is 3.31. The maximum atomic E-state index is 5.61. The van der Waals surface area contributed by atoms with Crippen molar-refractivity contribution >= 4 is 15.9 Å². The van der Waals surface area contributed by atoms with Gasteiger partial charge in [0, 0.05) is 0 Å². The fraction of sp³-hybridized carbons (Fsp3) is 0.714. The quantitative estimate of drug-likeness (QED) is 0.888. The van der Waals surface area contributed by atoms with E-state index in [0.717, 1.165) is 10.2 Å². The molecule has 0 radical (unpaired) electrons. The zero-order chi connectivity index (χ0) is 12.5. The largest absolute Gasteiger partial charge is 0.466 e. The zero-order valence-corrected chi connectivity index (χ0v) is 12.5. The second kappa shape index (κ2) is 5.15. The Hall–Kier alpha value is -0.280. The molecule has 1 heterocycles. The monoisotopic (exact) mass is 299 g/mol. The van der Waals surface area contributed by atoms with E-state index in [1.807, 2.05) is 13.1 Å². The molecule has 0 aliphatic heterocycles. The van der Waals surface area contributed by atoms with Gasteiger partial charge in [-0.3, -0.25) is 0 Å². The zero-order valence-electron chi connectivity index (χ0n) is 10.9. The highest BCUT2D eigenvalue weighted by molar-refractivity contribution is 9.10. The molecule has 1 aliphatic rings. The van der Waals surface area contributed by atoms with Gasteiger partial charge in [-0.2, -0.15) is 0 Å². The van der Waals surface area contributed by atoms with Crippen molar-refractivity contribution in [2.75, 3.05) is 7.05 Å². The summed E-state index contributed by atoms with van der Waals surface area (Å²) in [7, 11) is 2.03. The summed E-state index contributed by atoms with van der Waals surface area (Å²) in [5.74, 6) is 1.74. The van der Waals surface area contributed by atoms with Gasteiger partial charge < -0.3 is 9.73 Å². The lowest BCUT2D eigenvalue weighted by molar-refractivity contribution is 0.155. The molecular weight excluding hydrogens is 278 g/mol. The van der Waals surface area contributed by atoms with Crippen molar-refractivity contribution in [2.24, 2.45) is 11.3 Å². The van der Waals surface area contributed by atoms with Crippen LogP contribution in [0, 0.1) is 11.3 Å². The average Bonchev–Trinajstić information content (AvgIpc) is 2.69. The summed E-state index contributed by atoms with van der Waals surface area (Å²) in [5, 5.41) is 3.42. The van der Waals surface area contributed by atoms with Gasteiger partial charge in [0.05, 0.1) is 16.8 Å². The third-order valence-corrected chi connectivity index (χ3v) is 4.75. The Morgan fingerprint density at radius 2 is 2.06 bits per heavy atom. The van der Waals surface area contributed by atoms with Gasteiger partial charge >= 0.3 is 0 Å². The van der Waals surface area contributed by atoms with E-state index in [4.69, 9.17) is 4.42 Å². The summed E-state index contributed by atoms with van der Waals surface area (Å²) in [6.07, 6.45) is 6.95.